The molecule has 0 bridgehead atoms. The number of amides is 3. The summed E-state index contributed by atoms with van der Waals surface area (Å²) in [6.45, 7) is 3.18. The molecule has 1 atom stereocenters. The highest BCUT2D eigenvalue weighted by Gasteiger charge is 2.50. The highest BCUT2D eigenvalue weighted by Crippen LogP contribution is 2.47. The molecule has 2 saturated heterocycles. The van der Waals surface area contributed by atoms with E-state index in [1.165, 1.54) is 18.4 Å². The molecule has 174 valence electrons. The maximum Gasteiger partial charge on any atom is 0.409 e. The number of benzene rings is 1. The number of hydrogen-bond acceptors (Lipinski definition) is 6. The topological polar surface area (TPSA) is 83.0 Å². The minimum Gasteiger partial charge on any atom is -0.453 e. The van der Waals surface area contributed by atoms with Crippen molar-refractivity contribution in [2.45, 2.75) is 31.1 Å². The number of likely N-dealkylation sites (tertiary alicyclic amines) is 2. The first-order valence-corrected chi connectivity index (χ1v) is 12.3. The van der Waals surface area contributed by atoms with Crippen molar-refractivity contribution in [3.05, 3.63) is 44.9 Å². The van der Waals surface area contributed by atoms with Gasteiger partial charge in [0.15, 0.2) is 0 Å². The molecule has 2 fully saturated rings. The first kappa shape index (κ1) is 22.2. The number of aromatic nitrogens is 1. The normalized spacial score (nSPS) is 21.3. The minimum absolute atomic E-state index is 0.0538. The number of carbonyl (C=O) groups is 3. The molecule has 0 radical (unpaired) electrons. The summed E-state index contributed by atoms with van der Waals surface area (Å²) in [4.78, 5) is 47.5. The molecule has 0 N–H and O–H groups in total. The second kappa shape index (κ2) is 8.61. The highest BCUT2D eigenvalue weighted by molar-refractivity contribution is 7.09. The van der Waals surface area contributed by atoms with Gasteiger partial charge in [-0.3, -0.25) is 9.59 Å². The van der Waals surface area contributed by atoms with Crippen molar-refractivity contribution in [1.29, 1.82) is 0 Å². The number of nitrogens with zero attached hydrogens (tertiary/aromatic N) is 4. The van der Waals surface area contributed by atoms with Crippen LogP contribution in [0.25, 0.3) is 0 Å². The Morgan fingerprint density at radius 3 is 2.67 bits per heavy atom. The Labute approximate surface area is 201 Å². The van der Waals surface area contributed by atoms with Crippen LogP contribution in [0.3, 0.4) is 0 Å². The van der Waals surface area contributed by atoms with E-state index in [-0.39, 0.29) is 36.2 Å². The molecule has 4 heterocycles. The Kier molecular flexibility index (Phi) is 5.78. The van der Waals surface area contributed by atoms with Gasteiger partial charge in [-0.15, -0.1) is 11.3 Å². The average Bonchev–Trinajstić information content (AvgIpc) is 3.45. The molecule has 0 aliphatic carbocycles. The maximum absolute atomic E-state index is 13.3. The Hall–Kier alpha value is -2.65. The van der Waals surface area contributed by atoms with Gasteiger partial charge in [0.1, 0.15) is 5.01 Å². The van der Waals surface area contributed by atoms with Gasteiger partial charge in [0, 0.05) is 54.2 Å². The standard InChI is InChI=1S/C23H25ClN4O4S/c1-32-22(31)27-8-5-23(13-27)14-28(18-4-3-15(24)9-17(18)23)21(30)11-19-25-16(12-33-19)10-20(29)26-6-2-7-26/h3-4,9,12H,2,5-8,10-11,13-14H2,1H3. The third-order valence-corrected chi connectivity index (χ3v) is 7.94. The van der Waals surface area contributed by atoms with Gasteiger partial charge in [-0.25, -0.2) is 9.78 Å². The lowest BCUT2D eigenvalue weighted by Crippen LogP contribution is -2.42. The van der Waals surface area contributed by atoms with E-state index in [0.29, 0.717) is 35.4 Å². The number of ether oxygens (including phenoxy) is 1. The Bertz CT molecular complexity index is 1120. The fraction of sp³-hybridized carbons (Fsp3) is 0.478. The molecule has 1 spiro atoms. The van der Waals surface area contributed by atoms with Gasteiger partial charge in [-0.05, 0) is 36.6 Å². The summed E-state index contributed by atoms with van der Waals surface area (Å²) in [5.41, 5.74) is 2.19. The van der Waals surface area contributed by atoms with Crippen molar-refractivity contribution in [2.24, 2.45) is 0 Å². The summed E-state index contributed by atoms with van der Waals surface area (Å²) in [7, 11) is 1.38. The number of fused-ring (bicyclic) bond motifs is 2. The van der Waals surface area contributed by atoms with Crippen molar-refractivity contribution >= 4 is 46.5 Å². The zero-order chi connectivity index (χ0) is 23.2. The molecule has 0 saturated carbocycles. The van der Waals surface area contributed by atoms with Crippen LogP contribution in [0.1, 0.15) is 29.1 Å². The second-order valence-electron chi connectivity index (χ2n) is 8.88. The number of halogens is 1. The van der Waals surface area contributed by atoms with Crippen LogP contribution in [0.2, 0.25) is 5.02 Å². The van der Waals surface area contributed by atoms with Gasteiger partial charge < -0.3 is 19.4 Å². The van der Waals surface area contributed by atoms with Crippen LogP contribution >= 0.6 is 22.9 Å². The monoisotopic (exact) mass is 488 g/mol. The SMILES string of the molecule is COC(=O)N1CCC2(C1)CN(C(=O)Cc1nc(CC(=O)N3CCC3)cs1)c1ccc(Cl)cc12. The molecule has 5 rings (SSSR count). The van der Waals surface area contributed by atoms with Crippen LogP contribution in [0.15, 0.2) is 23.6 Å². The molecule has 8 nitrogen and oxygen atoms in total. The molecule has 10 heteroatoms. The van der Waals surface area contributed by atoms with Gasteiger partial charge in [0.2, 0.25) is 11.8 Å². The van der Waals surface area contributed by atoms with E-state index in [1.54, 1.807) is 15.9 Å². The highest BCUT2D eigenvalue weighted by atomic mass is 35.5. The lowest BCUT2D eigenvalue weighted by atomic mass is 9.81. The van der Waals surface area contributed by atoms with Gasteiger partial charge in [0.25, 0.3) is 0 Å². The Morgan fingerprint density at radius 2 is 1.94 bits per heavy atom. The van der Waals surface area contributed by atoms with Crippen LogP contribution in [0, 0.1) is 0 Å². The quantitative estimate of drug-likeness (QED) is 0.661. The molecular formula is C23H25ClN4O4S. The lowest BCUT2D eigenvalue weighted by Gasteiger charge is -2.30. The fourth-order valence-corrected chi connectivity index (χ4v) is 5.90. The molecule has 33 heavy (non-hydrogen) atoms. The number of anilines is 1. The predicted molar refractivity (Wildman–Crippen MR) is 125 cm³/mol. The average molecular weight is 489 g/mol. The van der Waals surface area contributed by atoms with Crippen LogP contribution in [0.4, 0.5) is 10.5 Å². The van der Waals surface area contributed by atoms with Crippen LogP contribution in [-0.4, -0.2) is 72.5 Å². The zero-order valence-electron chi connectivity index (χ0n) is 18.4. The number of carbonyl (C=O) groups excluding carboxylic acids is 3. The summed E-state index contributed by atoms with van der Waals surface area (Å²) in [5, 5.41) is 3.17. The third kappa shape index (κ3) is 4.08. The number of methoxy groups -OCH3 is 1. The molecule has 3 aliphatic heterocycles. The fourth-order valence-electron chi connectivity index (χ4n) is 4.94. The first-order chi connectivity index (χ1) is 15.9. The molecule has 3 amide bonds. The minimum atomic E-state index is -0.359. The van der Waals surface area contributed by atoms with E-state index < -0.39 is 0 Å². The van der Waals surface area contributed by atoms with Gasteiger partial charge >= 0.3 is 6.09 Å². The van der Waals surface area contributed by atoms with E-state index in [4.69, 9.17) is 16.3 Å². The molecule has 1 unspecified atom stereocenters. The van der Waals surface area contributed by atoms with Crippen LogP contribution < -0.4 is 4.90 Å². The smallest absolute Gasteiger partial charge is 0.409 e. The van der Waals surface area contributed by atoms with Gasteiger partial charge in [-0.2, -0.15) is 0 Å². The molecule has 1 aromatic carbocycles. The van der Waals surface area contributed by atoms with Crippen molar-refractivity contribution in [3.8, 4) is 0 Å². The number of rotatable bonds is 4. The van der Waals surface area contributed by atoms with E-state index in [0.717, 1.165) is 37.2 Å². The van der Waals surface area contributed by atoms with Crippen molar-refractivity contribution < 1.29 is 19.1 Å². The summed E-state index contributed by atoms with van der Waals surface area (Å²) in [6, 6.07) is 5.58. The Morgan fingerprint density at radius 1 is 1.12 bits per heavy atom. The van der Waals surface area contributed by atoms with Crippen LogP contribution in [-0.2, 0) is 32.6 Å². The molecule has 2 aromatic rings. The summed E-state index contributed by atoms with van der Waals surface area (Å²) >= 11 is 7.71. The van der Waals surface area contributed by atoms with Crippen molar-refractivity contribution in [2.75, 3.05) is 44.7 Å². The maximum atomic E-state index is 13.3. The van der Waals surface area contributed by atoms with E-state index in [1.807, 2.05) is 22.4 Å². The summed E-state index contributed by atoms with van der Waals surface area (Å²) in [5.74, 6) is 0.0371. The van der Waals surface area contributed by atoms with Gasteiger partial charge in [-0.1, -0.05) is 11.6 Å². The van der Waals surface area contributed by atoms with Crippen molar-refractivity contribution in [1.82, 2.24) is 14.8 Å². The van der Waals surface area contributed by atoms with Crippen LogP contribution in [0.5, 0.6) is 0 Å². The molecule has 1 aromatic heterocycles. The zero-order valence-corrected chi connectivity index (χ0v) is 20.0. The number of thiazole rings is 1. The first-order valence-electron chi connectivity index (χ1n) is 11.0. The molecule has 3 aliphatic rings. The van der Waals surface area contributed by atoms with Crippen molar-refractivity contribution in [3.63, 3.8) is 0 Å². The molecular weight excluding hydrogens is 464 g/mol. The predicted octanol–water partition coefficient (Wildman–Crippen LogP) is 2.87. The summed E-state index contributed by atoms with van der Waals surface area (Å²) < 4.78 is 4.90. The lowest BCUT2D eigenvalue weighted by molar-refractivity contribution is -0.133. The van der Waals surface area contributed by atoms with Gasteiger partial charge in [0.05, 0.1) is 25.6 Å². The number of hydrogen-bond donors (Lipinski definition) is 0. The third-order valence-electron chi connectivity index (χ3n) is 6.81. The Balaban J connectivity index is 1.32. The van der Waals surface area contributed by atoms with E-state index in [2.05, 4.69) is 4.98 Å². The largest absolute Gasteiger partial charge is 0.453 e. The van der Waals surface area contributed by atoms with E-state index >= 15 is 0 Å². The van der Waals surface area contributed by atoms with E-state index in [9.17, 15) is 14.4 Å². The summed E-state index contributed by atoms with van der Waals surface area (Å²) in [6.07, 6.45) is 1.88. The second-order valence-corrected chi connectivity index (χ2v) is 10.3.